The molecule has 0 saturated carbocycles. The van der Waals surface area contributed by atoms with Crippen molar-refractivity contribution in [2.75, 3.05) is 23.5 Å². The Morgan fingerprint density at radius 2 is 2.04 bits per heavy atom. The number of rotatable bonds is 3. The van der Waals surface area contributed by atoms with Crippen molar-refractivity contribution in [3.8, 4) is 0 Å². The molecule has 3 rings (SSSR count). The number of ether oxygens (including phenoxy) is 1. The fourth-order valence-electron chi connectivity index (χ4n) is 3.38. The zero-order valence-corrected chi connectivity index (χ0v) is 13.7. The zero-order valence-electron chi connectivity index (χ0n) is 12.9. The van der Waals surface area contributed by atoms with Gasteiger partial charge in [0.05, 0.1) is 37.0 Å². The molecule has 1 saturated heterocycles. The Balaban J connectivity index is 1.89. The van der Waals surface area contributed by atoms with Crippen LogP contribution in [0.15, 0.2) is 24.3 Å². The highest BCUT2D eigenvalue weighted by molar-refractivity contribution is 7.91. The summed E-state index contributed by atoms with van der Waals surface area (Å²) in [6.45, 7) is 0. The Bertz CT molecular complexity index is 743. The molecule has 0 radical (unpaired) electrons. The summed E-state index contributed by atoms with van der Waals surface area (Å²) in [5.41, 5.74) is 1.77. The van der Waals surface area contributed by atoms with Crippen LogP contribution in [0.3, 0.4) is 0 Å². The van der Waals surface area contributed by atoms with Crippen LogP contribution in [-0.4, -0.2) is 45.0 Å². The SMILES string of the molecule is COC(=O)CC1Cc2ccccc2N1C(=O)C1CCS(=O)(=O)C1. The smallest absolute Gasteiger partial charge is 0.307 e. The Morgan fingerprint density at radius 3 is 2.70 bits per heavy atom. The molecule has 2 heterocycles. The van der Waals surface area contributed by atoms with Gasteiger partial charge in [-0.3, -0.25) is 9.59 Å². The molecule has 0 spiro atoms. The fraction of sp³-hybridized carbons (Fsp3) is 0.500. The van der Waals surface area contributed by atoms with Crippen molar-refractivity contribution in [2.45, 2.75) is 25.3 Å². The van der Waals surface area contributed by atoms with Crippen LogP contribution < -0.4 is 4.90 Å². The Kier molecular flexibility index (Phi) is 4.14. The van der Waals surface area contributed by atoms with E-state index < -0.39 is 15.8 Å². The topological polar surface area (TPSA) is 80.8 Å². The molecule has 1 amide bonds. The lowest BCUT2D eigenvalue weighted by molar-refractivity contribution is -0.141. The normalized spacial score (nSPS) is 25.2. The third-order valence-corrected chi connectivity index (χ3v) is 6.29. The van der Waals surface area contributed by atoms with E-state index in [4.69, 9.17) is 4.74 Å². The zero-order chi connectivity index (χ0) is 16.6. The summed E-state index contributed by atoms with van der Waals surface area (Å²) in [5, 5.41) is 0. The quantitative estimate of drug-likeness (QED) is 0.767. The average molecular weight is 337 g/mol. The molecule has 0 aliphatic carbocycles. The van der Waals surface area contributed by atoms with E-state index in [1.165, 1.54) is 7.11 Å². The van der Waals surface area contributed by atoms with Crippen molar-refractivity contribution in [3.05, 3.63) is 29.8 Å². The van der Waals surface area contributed by atoms with Gasteiger partial charge in [-0.25, -0.2) is 8.42 Å². The highest BCUT2D eigenvalue weighted by Gasteiger charge is 2.41. The fourth-order valence-corrected chi connectivity index (χ4v) is 5.12. The van der Waals surface area contributed by atoms with Gasteiger partial charge < -0.3 is 9.64 Å². The number of carbonyl (C=O) groups is 2. The summed E-state index contributed by atoms with van der Waals surface area (Å²) in [4.78, 5) is 26.2. The minimum absolute atomic E-state index is 0.0561. The predicted octanol–water partition coefficient (Wildman–Crippen LogP) is 0.942. The summed E-state index contributed by atoms with van der Waals surface area (Å²) < 4.78 is 28.1. The number of methoxy groups -OCH3 is 1. The molecule has 0 N–H and O–H groups in total. The standard InChI is InChI=1S/C16H19NO5S/c1-22-15(18)9-13-8-11-4-2-3-5-14(11)17(13)16(19)12-6-7-23(20,21)10-12/h2-5,12-13H,6-10H2,1H3. The maximum absolute atomic E-state index is 12.9. The van der Waals surface area contributed by atoms with Crippen LogP contribution in [0.1, 0.15) is 18.4 Å². The summed E-state index contributed by atoms with van der Waals surface area (Å²) in [6, 6.07) is 7.19. The number of hydrogen-bond acceptors (Lipinski definition) is 5. The van der Waals surface area contributed by atoms with Crippen molar-refractivity contribution in [2.24, 2.45) is 5.92 Å². The first-order chi connectivity index (χ1) is 10.9. The molecule has 23 heavy (non-hydrogen) atoms. The average Bonchev–Trinajstić information content (AvgIpc) is 3.06. The van der Waals surface area contributed by atoms with Gasteiger partial charge >= 0.3 is 5.97 Å². The van der Waals surface area contributed by atoms with Gasteiger partial charge in [0.1, 0.15) is 0 Å². The largest absolute Gasteiger partial charge is 0.469 e. The van der Waals surface area contributed by atoms with Crippen LogP contribution >= 0.6 is 0 Å². The molecule has 2 aliphatic rings. The Labute approximate surface area is 135 Å². The third kappa shape index (κ3) is 3.10. The highest BCUT2D eigenvalue weighted by Crippen LogP contribution is 2.36. The second-order valence-electron chi connectivity index (χ2n) is 6.08. The van der Waals surface area contributed by atoms with Gasteiger partial charge in [-0.2, -0.15) is 0 Å². The minimum Gasteiger partial charge on any atom is -0.469 e. The van der Waals surface area contributed by atoms with Gasteiger partial charge in [-0.05, 0) is 24.5 Å². The van der Waals surface area contributed by atoms with Crippen LogP contribution in [-0.2, 0) is 30.6 Å². The molecular formula is C16H19NO5S. The number of nitrogens with zero attached hydrogens (tertiary/aromatic N) is 1. The van der Waals surface area contributed by atoms with E-state index in [0.717, 1.165) is 11.3 Å². The number of hydrogen-bond donors (Lipinski definition) is 0. The first-order valence-corrected chi connectivity index (χ1v) is 9.41. The summed E-state index contributed by atoms with van der Waals surface area (Å²) in [6.07, 6.45) is 1.04. The number of sulfone groups is 1. The first-order valence-electron chi connectivity index (χ1n) is 7.59. The van der Waals surface area contributed by atoms with E-state index in [1.807, 2.05) is 24.3 Å². The third-order valence-electron chi connectivity index (χ3n) is 4.52. The van der Waals surface area contributed by atoms with E-state index in [1.54, 1.807) is 4.90 Å². The monoisotopic (exact) mass is 337 g/mol. The van der Waals surface area contributed by atoms with Crippen molar-refractivity contribution in [1.82, 2.24) is 0 Å². The number of esters is 1. The maximum atomic E-state index is 12.9. The lowest BCUT2D eigenvalue weighted by atomic mass is 10.1. The molecular weight excluding hydrogens is 318 g/mol. The van der Waals surface area contributed by atoms with E-state index in [9.17, 15) is 18.0 Å². The number of carbonyl (C=O) groups excluding carboxylic acids is 2. The second kappa shape index (κ2) is 5.96. The van der Waals surface area contributed by atoms with Crippen molar-refractivity contribution >= 4 is 27.4 Å². The summed E-state index contributed by atoms with van der Waals surface area (Å²) in [5.74, 6) is -1.15. The molecule has 6 nitrogen and oxygen atoms in total. The Morgan fingerprint density at radius 1 is 1.30 bits per heavy atom. The van der Waals surface area contributed by atoms with E-state index >= 15 is 0 Å². The van der Waals surface area contributed by atoms with Crippen molar-refractivity contribution in [3.63, 3.8) is 0 Å². The highest BCUT2D eigenvalue weighted by atomic mass is 32.2. The van der Waals surface area contributed by atoms with Gasteiger partial charge in [0.15, 0.2) is 9.84 Å². The van der Waals surface area contributed by atoms with E-state index in [-0.39, 0.29) is 35.8 Å². The van der Waals surface area contributed by atoms with Gasteiger partial charge in [0.2, 0.25) is 5.91 Å². The van der Waals surface area contributed by atoms with Crippen LogP contribution in [0.2, 0.25) is 0 Å². The predicted molar refractivity (Wildman–Crippen MR) is 84.8 cm³/mol. The molecule has 2 atom stereocenters. The molecule has 0 bridgehead atoms. The number of amides is 1. The number of para-hydroxylation sites is 1. The Hall–Kier alpha value is -1.89. The van der Waals surface area contributed by atoms with Gasteiger partial charge in [-0.15, -0.1) is 0 Å². The van der Waals surface area contributed by atoms with Gasteiger partial charge in [0, 0.05) is 5.69 Å². The van der Waals surface area contributed by atoms with Crippen LogP contribution in [0, 0.1) is 5.92 Å². The number of benzene rings is 1. The van der Waals surface area contributed by atoms with Crippen molar-refractivity contribution in [1.29, 1.82) is 0 Å². The lowest BCUT2D eigenvalue weighted by Crippen LogP contribution is -2.43. The molecule has 2 unspecified atom stereocenters. The molecule has 0 aromatic heterocycles. The van der Waals surface area contributed by atoms with Crippen LogP contribution in [0.4, 0.5) is 5.69 Å². The summed E-state index contributed by atoms with van der Waals surface area (Å²) in [7, 11) is -1.81. The maximum Gasteiger partial charge on any atom is 0.307 e. The molecule has 1 fully saturated rings. The molecule has 124 valence electrons. The van der Waals surface area contributed by atoms with Crippen LogP contribution in [0.5, 0.6) is 0 Å². The van der Waals surface area contributed by atoms with E-state index in [0.29, 0.717) is 12.8 Å². The minimum atomic E-state index is -3.13. The molecule has 1 aromatic carbocycles. The van der Waals surface area contributed by atoms with Gasteiger partial charge in [-0.1, -0.05) is 18.2 Å². The number of anilines is 1. The van der Waals surface area contributed by atoms with E-state index in [2.05, 4.69) is 0 Å². The van der Waals surface area contributed by atoms with Crippen LogP contribution in [0.25, 0.3) is 0 Å². The second-order valence-corrected chi connectivity index (χ2v) is 8.30. The molecule has 7 heteroatoms. The summed E-state index contributed by atoms with van der Waals surface area (Å²) >= 11 is 0. The molecule has 2 aliphatic heterocycles. The van der Waals surface area contributed by atoms with Gasteiger partial charge in [0.25, 0.3) is 0 Å². The first kappa shape index (κ1) is 16.0. The van der Waals surface area contributed by atoms with Crippen molar-refractivity contribution < 1.29 is 22.7 Å². The number of fused-ring (bicyclic) bond motifs is 1. The molecule has 1 aromatic rings. The lowest BCUT2D eigenvalue weighted by Gasteiger charge is -2.27.